The molecule has 1 N–H and O–H groups in total. The third-order valence-electron chi connectivity index (χ3n) is 2.54. The van der Waals surface area contributed by atoms with Gasteiger partial charge in [-0.3, -0.25) is 4.79 Å². The first-order chi connectivity index (χ1) is 9.24. The van der Waals surface area contributed by atoms with Crippen LogP contribution in [-0.2, 0) is 11.2 Å². The van der Waals surface area contributed by atoms with Crippen molar-refractivity contribution in [1.29, 1.82) is 0 Å². The van der Waals surface area contributed by atoms with Crippen molar-refractivity contribution in [3.63, 3.8) is 0 Å². The number of carbonyl (C=O) groups is 1. The van der Waals surface area contributed by atoms with Gasteiger partial charge in [0.2, 0.25) is 5.91 Å². The maximum Gasteiger partial charge on any atom is 0.244 e. The molecular weight excluding hydrogens is 278 g/mol. The first kappa shape index (κ1) is 13.8. The van der Waals surface area contributed by atoms with E-state index in [0.717, 1.165) is 21.9 Å². The minimum atomic E-state index is -0.0737. The minimum Gasteiger partial charge on any atom is -0.352 e. The average molecular weight is 292 g/mol. The van der Waals surface area contributed by atoms with Gasteiger partial charge in [-0.15, -0.1) is 11.3 Å². The summed E-state index contributed by atoms with van der Waals surface area (Å²) in [6.45, 7) is 0.605. The Morgan fingerprint density at radius 2 is 2.21 bits per heavy atom. The Kier molecular flexibility index (Phi) is 5.19. The fourth-order valence-corrected chi connectivity index (χ4v) is 2.46. The molecule has 1 heterocycles. The summed E-state index contributed by atoms with van der Waals surface area (Å²) in [5.74, 6) is -0.0737. The second-order valence-corrected chi connectivity index (χ2v) is 5.44. The van der Waals surface area contributed by atoms with Gasteiger partial charge >= 0.3 is 0 Å². The Hall–Kier alpha value is -1.58. The van der Waals surface area contributed by atoms with Gasteiger partial charge in [0.05, 0.1) is 0 Å². The molecule has 2 aromatic rings. The molecule has 1 amide bonds. The SMILES string of the molecule is O=C(/C=C\c1cccs1)NCCc1cccc(Cl)c1. The van der Waals surface area contributed by atoms with Crippen molar-refractivity contribution in [1.82, 2.24) is 5.32 Å². The predicted molar refractivity (Wildman–Crippen MR) is 81.5 cm³/mol. The molecule has 1 aromatic heterocycles. The zero-order chi connectivity index (χ0) is 13.5. The number of thiophene rings is 1. The first-order valence-corrected chi connectivity index (χ1v) is 7.24. The van der Waals surface area contributed by atoms with Gasteiger partial charge in [-0.05, 0) is 41.6 Å². The van der Waals surface area contributed by atoms with Crippen LogP contribution >= 0.6 is 22.9 Å². The second-order valence-electron chi connectivity index (χ2n) is 4.02. The largest absolute Gasteiger partial charge is 0.352 e. The summed E-state index contributed by atoms with van der Waals surface area (Å²) in [4.78, 5) is 12.7. The Morgan fingerprint density at radius 1 is 1.32 bits per heavy atom. The molecule has 0 saturated carbocycles. The summed E-state index contributed by atoms with van der Waals surface area (Å²) in [5, 5.41) is 5.56. The topological polar surface area (TPSA) is 29.1 Å². The fourth-order valence-electron chi connectivity index (χ4n) is 1.63. The number of nitrogens with one attached hydrogen (secondary N) is 1. The molecule has 0 aliphatic rings. The zero-order valence-corrected chi connectivity index (χ0v) is 11.9. The third-order valence-corrected chi connectivity index (χ3v) is 3.62. The van der Waals surface area contributed by atoms with Crippen molar-refractivity contribution in [3.8, 4) is 0 Å². The van der Waals surface area contributed by atoms with Crippen LogP contribution in [-0.4, -0.2) is 12.5 Å². The lowest BCUT2D eigenvalue weighted by Crippen LogP contribution is -2.23. The van der Waals surface area contributed by atoms with E-state index in [2.05, 4.69) is 5.32 Å². The van der Waals surface area contributed by atoms with Crippen LogP contribution in [0.2, 0.25) is 5.02 Å². The standard InChI is InChI=1S/C15H14ClNOS/c16-13-4-1-3-12(11-13)8-9-17-15(18)7-6-14-5-2-10-19-14/h1-7,10-11H,8-9H2,(H,17,18)/b7-6-. The van der Waals surface area contributed by atoms with E-state index in [1.54, 1.807) is 17.4 Å². The monoisotopic (exact) mass is 291 g/mol. The average Bonchev–Trinajstić information content (AvgIpc) is 2.89. The molecule has 2 nitrogen and oxygen atoms in total. The maximum absolute atomic E-state index is 11.6. The summed E-state index contributed by atoms with van der Waals surface area (Å²) in [7, 11) is 0. The molecule has 98 valence electrons. The molecule has 0 bridgehead atoms. The van der Waals surface area contributed by atoms with E-state index in [-0.39, 0.29) is 5.91 Å². The van der Waals surface area contributed by atoms with Gasteiger partial charge in [0.15, 0.2) is 0 Å². The van der Waals surface area contributed by atoms with Gasteiger partial charge in [0, 0.05) is 22.5 Å². The van der Waals surface area contributed by atoms with Crippen molar-refractivity contribution in [3.05, 3.63) is 63.3 Å². The normalized spacial score (nSPS) is 10.8. The molecule has 0 aliphatic carbocycles. The van der Waals surface area contributed by atoms with E-state index in [0.29, 0.717) is 6.54 Å². The van der Waals surface area contributed by atoms with E-state index in [9.17, 15) is 4.79 Å². The summed E-state index contributed by atoms with van der Waals surface area (Å²) in [6.07, 6.45) is 4.16. The summed E-state index contributed by atoms with van der Waals surface area (Å²) >= 11 is 7.50. The smallest absolute Gasteiger partial charge is 0.244 e. The number of carbonyl (C=O) groups excluding carboxylic acids is 1. The van der Waals surface area contributed by atoms with Crippen molar-refractivity contribution >= 4 is 34.9 Å². The minimum absolute atomic E-state index is 0.0737. The van der Waals surface area contributed by atoms with Crippen molar-refractivity contribution in [2.24, 2.45) is 0 Å². The van der Waals surface area contributed by atoms with E-state index in [4.69, 9.17) is 11.6 Å². The highest BCUT2D eigenvalue weighted by Crippen LogP contribution is 2.11. The number of hydrogen-bond acceptors (Lipinski definition) is 2. The number of halogens is 1. The fraction of sp³-hybridized carbons (Fsp3) is 0.133. The van der Waals surface area contributed by atoms with Crippen LogP contribution in [0.15, 0.2) is 47.9 Å². The van der Waals surface area contributed by atoms with Gasteiger partial charge in [-0.2, -0.15) is 0 Å². The lowest BCUT2D eigenvalue weighted by Gasteiger charge is -2.03. The molecule has 0 fully saturated rings. The Morgan fingerprint density at radius 3 is 2.95 bits per heavy atom. The van der Waals surface area contributed by atoms with Crippen LogP contribution in [0.4, 0.5) is 0 Å². The van der Waals surface area contributed by atoms with Gasteiger partial charge < -0.3 is 5.32 Å². The third kappa shape index (κ3) is 4.89. The lowest BCUT2D eigenvalue weighted by atomic mass is 10.1. The highest BCUT2D eigenvalue weighted by Gasteiger charge is 1.97. The highest BCUT2D eigenvalue weighted by molar-refractivity contribution is 7.10. The van der Waals surface area contributed by atoms with Gasteiger partial charge in [0.25, 0.3) is 0 Å². The van der Waals surface area contributed by atoms with E-state index >= 15 is 0 Å². The quantitative estimate of drug-likeness (QED) is 0.835. The van der Waals surface area contributed by atoms with Crippen LogP contribution in [0.5, 0.6) is 0 Å². The van der Waals surface area contributed by atoms with Gasteiger partial charge in [-0.25, -0.2) is 0 Å². The van der Waals surface area contributed by atoms with Gasteiger partial charge in [0.1, 0.15) is 0 Å². The predicted octanol–water partition coefficient (Wildman–Crippen LogP) is 3.77. The van der Waals surface area contributed by atoms with Crippen LogP contribution in [0.3, 0.4) is 0 Å². The van der Waals surface area contributed by atoms with Crippen LogP contribution in [0, 0.1) is 0 Å². The number of benzene rings is 1. The van der Waals surface area contributed by atoms with E-state index in [1.165, 1.54) is 0 Å². The van der Waals surface area contributed by atoms with Crippen LogP contribution in [0.25, 0.3) is 6.08 Å². The van der Waals surface area contributed by atoms with Crippen LogP contribution < -0.4 is 5.32 Å². The van der Waals surface area contributed by atoms with Crippen molar-refractivity contribution in [2.45, 2.75) is 6.42 Å². The number of amides is 1. The first-order valence-electron chi connectivity index (χ1n) is 5.98. The molecule has 0 radical (unpaired) electrons. The summed E-state index contributed by atoms with van der Waals surface area (Å²) < 4.78 is 0. The van der Waals surface area contributed by atoms with Crippen molar-refractivity contribution in [2.75, 3.05) is 6.54 Å². The summed E-state index contributed by atoms with van der Waals surface area (Å²) in [5.41, 5.74) is 1.12. The Balaban J connectivity index is 1.75. The maximum atomic E-state index is 11.6. The molecule has 4 heteroatoms. The van der Waals surface area contributed by atoms with E-state index in [1.807, 2.05) is 47.9 Å². The number of hydrogen-bond donors (Lipinski definition) is 1. The lowest BCUT2D eigenvalue weighted by molar-refractivity contribution is -0.116. The molecule has 0 atom stereocenters. The molecular formula is C15H14ClNOS. The van der Waals surface area contributed by atoms with Gasteiger partial charge in [-0.1, -0.05) is 29.8 Å². The Labute approximate surface area is 121 Å². The molecule has 0 spiro atoms. The molecule has 1 aromatic carbocycles. The summed E-state index contributed by atoms with van der Waals surface area (Å²) in [6, 6.07) is 11.6. The number of rotatable bonds is 5. The molecule has 0 saturated heterocycles. The molecule has 19 heavy (non-hydrogen) atoms. The van der Waals surface area contributed by atoms with E-state index < -0.39 is 0 Å². The Bertz CT molecular complexity index is 563. The zero-order valence-electron chi connectivity index (χ0n) is 10.3. The highest BCUT2D eigenvalue weighted by atomic mass is 35.5. The van der Waals surface area contributed by atoms with Crippen molar-refractivity contribution < 1.29 is 4.79 Å². The van der Waals surface area contributed by atoms with Crippen LogP contribution in [0.1, 0.15) is 10.4 Å². The molecule has 0 aliphatic heterocycles. The molecule has 0 unspecified atom stereocenters. The second kappa shape index (κ2) is 7.12. The molecule has 2 rings (SSSR count).